The molecule has 2 aromatic rings. The van der Waals surface area contributed by atoms with Crippen LogP contribution in [-0.4, -0.2) is 42.6 Å². The van der Waals surface area contributed by atoms with Gasteiger partial charge in [0, 0.05) is 5.92 Å². The molecule has 1 unspecified atom stereocenters. The molecule has 0 saturated carbocycles. The van der Waals surface area contributed by atoms with Crippen LogP contribution >= 0.6 is 0 Å². The molecule has 1 aliphatic carbocycles. The van der Waals surface area contributed by atoms with Crippen molar-refractivity contribution < 1.29 is 62.6 Å². The van der Waals surface area contributed by atoms with E-state index in [1.165, 1.54) is 18.2 Å². The van der Waals surface area contributed by atoms with Gasteiger partial charge < -0.3 is 9.47 Å². The Bertz CT molecular complexity index is 1170. The maximum atomic E-state index is 13.8. The first-order valence-corrected chi connectivity index (χ1v) is 10.6. The third-order valence-corrected chi connectivity index (χ3v) is 5.60. The molecule has 204 valence electrons. The average Bonchev–Trinajstić information content (AvgIpc) is 2.81. The van der Waals surface area contributed by atoms with Crippen LogP contribution in [0.3, 0.4) is 0 Å². The number of ether oxygens (including phenoxy) is 2. The maximum absolute atomic E-state index is 13.8. The SMILES string of the molecule is O=C(OC(F)(F)C(F)(F)C(F)(F)C(F)(F)C(F)(F)F)c1ccc2cc(OCC3C=CCCC3)ccc2c1. The molecule has 0 N–H and O–H groups in total. The summed E-state index contributed by atoms with van der Waals surface area (Å²) < 4.78 is 152. The minimum Gasteiger partial charge on any atom is -0.493 e. The first-order chi connectivity index (χ1) is 16.9. The van der Waals surface area contributed by atoms with Crippen molar-refractivity contribution in [2.45, 2.75) is 49.3 Å². The van der Waals surface area contributed by atoms with Crippen LogP contribution in [0.1, 0.15) is 29.6 Å². The van der Waals surface area contributed by atoms with Gasteiger partial charge in [0.25, 0.3) is 0 Å². The van der Waals surface area contributed by atoms with Gasteiger partial charge in [-0.25, -0.2) is 4.79 Å². The lowest BCUT2D eigenvalue weighted by Gasteiger charge is -2.36. The van der Waals surface area contributed by atoms with E-state index in [9.17, 15) is 53.1 Å². The predicted molar refractivity (Wildman–Crippen MR) is 107 cm³/mol. The number of benzene rings is 2. The van der Waals surface area contributed by atoms with Crippen molar-refractivity contribution in [3.63, 3.8) is 0 Å². The summed E-state index contributed by atoms with van der Waals surface area (Å²) in [5.41, 5.74) is -0.894. The summed E-state index contributed by atoms with van der Waals surface area (Å²) in [5.74, 6) is -24.5. The van der Waals surface area contributed by atoms with Gasteiger partial charge in [0.1, 0.15) is 5.75 Å². The van der Waals surface area contributed by atoms with Crippen LogP contribution in [0.2, 0.25) is 0 Å². The van der Waals surface area contributed by atoms with E-state index < -0.39 is 41.6 Å². The maximum Gasteiger partial charge on any atom is 0.473 e. The Morgan fingerprint density at radius 3 is 2.03 bits per heavy atom. The van der Waals surface area contributed by atoms with E-state index in [0.717, 1.165) is 37.5 Å². The minimum atomic E-state index is -7.67. The topological polar surface area (TPSA) is 35.5 Å². The van der Waals surface area contributed by atoms with Gasteiger partial charge in [-0.05, 0) is 54.3 Å². The lowest BCUT2D eigenvalue weighted by Crippen LogP contribution is -2.67. The number of rotatable bonds is 8. The molecule has 0 radical (unpaired) electrons. The van der Waals surface area contributed by atoms with E-state index in [1.807, 2.05) is 12.2 Å². The van der Waals surface area contributed by atoms with Crippen LogP contribution in [0, 0.1) is 5.92 Å². The molecule has 0 heterocycles. The minimum absolute atomic E-state index is 0.156. The molecule has 1 aliphatic rings. The third kappa shape index (κ3) is 5.33. The highest BCUT2D eigenvalue weighted by atomic mass is 19.4. The number of allylic oxidation sites excluding steroid dienone is 1. The first kappa shape index (κ1) is 28.5. The molecule has 2 aromatic carbocycles. The number of hydrogen-bond acceptors (Lipinski definition) is 3. The van der Waals surface area contributed by atoms with E-state index in [0.29, 0.717) is 17.7 Å². The number of carbonyl (C=O) groups is 1. The van der Waals surface area contributed by atoms with Gasteiger partial charge in [0.2, 0.25) is 0 Å². The molecule has 0 aliphatic heterocycles. The molecule has 0 saturated heterocycles. The zero-order valence-corrected chi connectivity index (χ0v) is 18.4. The third-order valence-electron chi connectivity index (χ3n) is 5.60. The summed E-state index contributed by atoms with van der Waals surface area (Å²) in [6.07, 6.45) is -7.10. The second kappa shape index (κ2) is 9.67. The summed E-state index contributed by atoms with van der Waals surface area (Å²) in [5, 5.41) is 0.532. The van der Waals surface area contributed by atoms with Crippen LogP contribution < -0.4 is 4.74 Å². The molecule has 14 heteroatoms. The molecule has 0 aromatic heterocycles. The molecule has 0 bridgehead atoms. The number of alkyl halides is 11. The van der Waals surface area contributed by atoms with Crippen molar-refractivity contribution in [2.75, 3.05) is 6.61 Å². The van der Waals surface area contributed by atoms with Crippen molar-refractivity contribution in [3.8, 4) is 5.75 Å². The summed E-state index contributed by atoms with van der Waals surface area (Å²) in [6, 6.07) is 7.04. The molecule has 3 nitrogen and oxygen atoms in total. The van der Waals surface area contributed by atoms with Gasteiger partial charge in [0.15, 0.2) is 0 Å². The predicted octanol–water partition coefficient (Wildman–Crippen LogP) is 7.79. The largest absolute Gasteiger partial charge is 0.493 e. The van der Waals surface area contributed by atoms with Crippen LogP contribution in [0.5, 0.6) is 5.75 Å². The molecule has 0 fully saturated rings. The van der Waals surface area contributed by atoms with Crippen LogP contribution in [-0.2, 0) is 4.74 Å². The highest BCUT2D eigenvalue weighted by molar-refractivity contribution is 5.95. The standard InChI is InChI=1S/C23H17F11O3/c24-19(25,20(26,27)22(30,31)32)21(28,29)23(33,34)37-18(35)16-7-6-15-11-17(9-8-14(15)10-16)36-12-13-4-2-1-3-5-13/h2,4,6-11,13H,1,3,5,12H2. The molecule has 37 heavy (non-hydrogen) atoms. The van der Waals surface area contributed by atoms with E-state index in [1.54, 1.807) is 0 Å². The summed E-state index contributed by atoms with van der Waals surface area (Å²) >= 11 is 0. The molecule has 0 spiro atoms. The van der Waals surface area contributed by atoms with Crippen molar-refractivity contribution >= 4 is 16.7 Å². The number of esters is 1. The van der Waals surface area contributed by atoms with Crippen molar-refractivity contribution in [3.05, 3.63) is 54.1 Å². The fourth-order valence-corrected chi connectivity index (χ4v) is 3.46. The second-order valence-electron chi connectivity index (χ2n) is 8.28. The molecular weight excluding hydrogens is 533 g/mol. The van der Waals surface area contributed by atoms with E-state index in [-0.39, 0.29) is 11.3 Å². The van der Waals surface area contributed by atoms with Crippen molar-refractivity contribution in [1.29, 1.82) is 0 Å². The smallest absolute Gasteiger partial charge is 0.473 e. The number of hydrogen-bond donors (Lipinski definition) is 0. The zero-order valence-electron chi connectivity index (χ0n) is 18.4. The Kier molecular flexibility index (Phi) is 7.45. The zero-order chi connectivity index (χ0) is 27.9. The van der Waals surface area contributed by atoms with Gasteiger partial charge in [-0.2, -0.15) is 48.3 Å². The first-order valence-electron chi connectivity index (χ1n) is 10.6. The van der Waals surface area contributed by atoms with Gasteiger partial charge >= 0.3 is 36.0 Å². The average molecular weight is 550 g/mol. The normalized spacial score (nSPS) is 17.6. The Hall–Kier alpha value is -3.06. The number of carbonyl (C=O) groups excluding carboxylic acids is 1. The van der Waals surface area contributed by atoms with Crippen molar-refractivity contribution in [1.82, 2.24) is 0 Å². The summed E-state index contributed by atoms with van der Waals surface area (Å²) in [6.45, 7) is 0.369. The van der Waals surface area contributed by atoms with E-state index in [2.05, 4.69) is 4.74 Å². The fraction of sp³-hybridized carbons (Fsp3) is 0.435. The van der Waals surface area contributed by atoms with Crippen molar-refractivity contribution in [2.24, 2.45) is 5.92 Å². The van der Waals surface area contributed by atoms with Gasteiger partial charge in [-0.15, -0.1) is 0 Å². The lowest BCUT2D eigenvalue weighted by atomic mass is 9.97. The highest BCUT2D eigenvalue weighted by Crippen LogP contribution is 2.57. The van der Waals surface area contributed by atoms with Crippen LogP contribution in [0.15, 0.2) is 48.6 Å². The summed E-state index contributed by atoms with van der Waals surface area (Å²) in [4.78, 5) is 11.9. The molecular formula is C23H17F11O3. The number of halogens is 11. The van der Waals surface area contributed by atoms with Gasteiger partial charge in [-0.1, -0.05) is 24.3 Å². The van der Waals surface area contributed by atoms with Crippen LogP contribution in [0.25, 0.3) is 10.8 Å². The lowest BCUT2D eigenvalue weighted by molar-refractivity contribution is -0.448. The Labute approximate surface area is 201 Å². The van der Waals surface area contributed by atoms with Gasteiger partial charge in [-0.3, -0.25) is 0 Å². The van der Waals surface area contributed by atoms with E-state index >= 15 is 0 Å². The Balaban J connectivity index is 1.77. The Morgan fingerprint density at radius 2 is 1.43 bits per heavy atom. The Morgan fingerprint density at radius 1 is 0.811 bits per heavy atom. The monoisotopic (exact) mass is 550 g/mol. The fourth-order valence-electron chi connectivity index (χ4n) is 3.46. The summed E-state index contributed by atoms with van der Waals surface area (Å²) in [7, 11) is 0. The molecule has 1 atom stereocenters. The second-order valence-corrected chi connectivity index (χ2v) is 8.28. The highest BCUT2D eigenvalue weighted by Gasteiger charge is 2.88. The van der Waals surface area contributed by atoms with Crippen LogP contribution in [0.4, 0.5) is 48.3 Å². The molecule has 3 rings (SSSR count). The molecule has 0 amide bonds. The van der Waals surface area contributed by atoms with Gasteiger partial charge in [0.05, 0.1) is 12.2 Å². The number of fused-ring (bicyclic) bond motifs is 1. The quantitative estimate of drug-likeness (QED) is 0.191. The van der Waals surface area contributed by atoms with E-state index in [4.69, 9.17) is 4.74 Å².